The van der Waals surface area contributed by atoms with Crippen molar-refractivity contribution in [1.82, 2.24) is 0 Å². The Morgan fingerprint density at radius 2 is 2.00 bits per heavy atom. The van der Waals surface area contributed by atoms with Crippen LogP contribution in [0.15, 0.2) is 24.3 Å². The second kappa shape index (κ2) is 16.9. The van der Waals surface area contributed by atoms with E-state index in [1.807, 2.05) is 12.2 Å². The fourth-order valence-electron chi connectivity index (χ4n) is 5.49. The molecule has 7 atom stereocenters. The Morgan fingerprint density at radius 3 is 2.67 bits per heavy atom. The summed E-state index contributed by atoms with van der Waals surface area (Å²) in [4.78, 5) is 23.2. The topological polar surface area (TPSA) is 91.3 Å². The second-order valence-corrected chi connectivity index (χ2v) is 10.4. The number of ether oxygens (including phenoxy) is 4. The number of allylic oxidation sites excluding steroid dienone is 1. The van der Waals surface area contributed by atoms with Crippen LogP contribution in [0.3, 0.4) is 0 Å². The summed E-state index contributed by atoms with van der Waals surface area (Å²) < 4.78 is 22.7. The molecule has 0 amide bonds. The van der Waals surface area contributed by atoms with Gasteiger partial charge in [-0.15, -0.1) is 0 Å². The molecule has 0 radical (unpaired) electrons. The van der Waals surface area contributed by atoms with Crippen molar-refractivity contribution in [1.29, 1.82) is 0 Å². The van der Waals surface area contributed by atoms with Crippen LogP contribution in [0.1, 0.15) is 91.4 Å². The first kappa shape index (κ1) is 30.5. The van der Waals surface area contributed by atoms with Gasteiger partial charge in [0.15, 0.2) is 6.29 Å². The van der Waals surface area contributed by atoms with Crippen molar-refractivity contribution in [2.45, 2.75) is 116 Å². The van der Waals surface area contributed by atoms with Gasteiger partial charge in [0.2, 0.25) is 0 Å². The number of esters is 2. The Kier molecular flexibility index (Phi) is 14.4. The van der Waals surface area contributed by atoms with E-state index >= 15 is 0 Å². The Labute approximate surface area is 217 Å². The molecule has 0 aromatic carbocycles. The van der Waals surface area contributed by atoms with Crippen molar-refractivity contribution in [2.24, 2.45) is 17.8 Å². The minimum Gasteiger partial charge on any atom is -0.466 e. The lowest BCUT2D eigenvalue weighted by atomic mass is 9.87. The fraction of sp³-hybridized carbons (Fsp3) is 0.793. The molecule has 2 fully saturated rings. The lowest BCUT2D eigenvalue weighted by Gasteiger charge is -2.29. The number of methoxy groups -OCH3 is 1. The lowest BCUT2D eigenvalue weighted by molar-refractivity contribution is -0.193. The number of aliphatic hydroxyl groups excluding tert-OH is 1. The van der Waals surface area contributed by atoms with Crippen LogP contribution in [0.25, 0.3) is 0 Å². The van der Waals surface area contributed by atoms with Crippen LogP contribution in [0.5, 0.6) is 0 Å². The number of carbonyl (C=O) groups excluding carboxylic acids is 2. The summed E-state index contributed by atoms with van der Waals surface area (Å²) in [6.07, 6.45) is 16.3. The normalized spacial score (nSPS) is 28.4. The summed E-state index contributed by atoms with van der Waals surface area (Å²) in [5.41, 5.74) is 0. The summed E-state index contributed by atoms with van der Waals surface area (Å²) in [6, 6.07) is 0. The molecule has 1 saturated carbocycles. The van der Waals surface area contributed by atoms with Gasteiger partial charge in [-0.2, -0.15) is 0 Å². The van der Waals surface area contributed by atoms with Gasteiger partial charge >= 0.3 is 11.9 Å². The van der Waals surface area contributed by atoms with Crippen molar-refractivity contribution in [3.8, 4) is 0 Å². The molecule has 1 aliphatic heterocycles. The van der Waals surface area contributed by atoms with Crippen molar-refractivity contribution in [3.05, 3.63) is 24.3 Å². The number of hydrogen-bond donors (Lipinski definition) is 1. The third kappa shape index (κ3) is 11.1. The van der Waals surface area contributed by atoms with Crippen molar-refractivity contribution in [3.63, 3.8) is 0 Å². The van der Waals surface area contributed by atoms with Gasteiger partial charge in [0, 0.05) is 37.9 Å². The molecule has 7 unspecified atom stereocenters. The number of aliphatic hydroxyl groups is 1. The highest BCUT2D eigenvalue weighted by molar-refractivity contribution is 5.81. The minimum absolute atomic E-state index is 0.0293. The van der Waals surface area contributed by atoms with E-state index in [9.17, 15) is 14.7 Å². The van der Waals surface area contributed by atoms with Crippen molar-refractivity contribution >= 4 is 11.9 Å². The summed E-state index contributed by atoms with van der Waals surface area (Å²) >= 11 is 0. The SMILES string of the molecule is CCCC(C)CC(O)C=CC1C(OC2CCCCO2)CC(OC(C)=O)C1CCCCC=CC(=O)OC. The molecule has 0 spiro atoms. The molecule has 1 saturated heterocycles. The average Bonchev–Trinajstić information content (AvgIpc) is 3.15. The lowest BCUT2D eigenvalue weighted by Crippen LogP contribution is -2.31. The second-order valence-electron chi connectivity index (χ2n) is 10.4. The Morgan fingerprint density at radius 1 is 1.19 bits per heavy atom. The molecular formula is C29H48O7. The Bertz CT molecular complexity index is 698. The fourth-order valence-corrected chi connectivity index (χ4v) is 5.49. The van der Waals surface area contributed by atoms with Gasteiger partial charge in [0.1, 0.15) is 6.10 Å². The number of hydrogen-bond acceptors (Lipinski definition) is 7. The van der Waals surface area contributed by atoms with Gasteiger partial charge in [-0.05, 0) is 50.9 Å². The highest BCUT2D eigenvalue weighted by atomic mass is 16.7. The van der Waals surface area contributed by atoms with E-state index < -0.39 is 6.10 Å². The van der Waals surface area contributed by atoms with Crippen LogP contribution in [0.4, 0.5) is 0 Å². The standard InChI is InChI=1S/C29H48O7/c1-5-12-21(2)19-23(31)16-17-25-24(13-8-6-7-9-14-28(32)33-4)26(35-22(3)30)20-27(25)36-29-15-10-11-18-34-29/h9,14,16-17,21,23-27,29,31H,5-8,10-13,15,18-20H2,1-4H3. The van der Waals surface area contributed by atoms with Crippen molar-refractivity contribution < 1.29 is 33.6 Å². The van der Waals surface area contributed by atoms with Gasteiger partial charge in [-0.1, -0.05) is 51.3 Å². The third-order valence-corrected chi connectivity index (χ3v) is 7.24. The van der Waals surface area contributed by atoms with E-state index in [1.54, 1.807) is 0 Å². The molecule has 1 aliphatic carbocycles. The van der Waals surface area contributed by atoms with Crippen molar-refractivity contribution in [2.75, 3.05) is 13.7 Å². The first-order valence-electron chi connectivity index (χ1n) is 13.9. The van der Waals surface area contributed by atoms with E-state index in [-0.39, 0.29) is 42.3 Å². The molecule has 1 N–H and O–H groups in total. The molecule has 2 rings (SSSR count). The maximum absolute atomic E-state index is 11.9. The van der Waals surface area contributed by atoms with Gasteiger partial charge in [0.25, 0.3) is 0 Å². The highest BCUT2D eigenvalue weighted by Gasteiger charge is 2.45. The van der Waals surface area contributed by atoms with Gasteiger partial charge in [-0.25, -0.2) is 4.79 Å². The van der Waals surface area contributed by atoms with Crippen LogP contribution in [-0.2, 0) is 28.5 Å². The Balaban J connectivity index is 2.10. The largest absolute Gasteiger partial charge is 0.466 e. The number of carbonyl (C=O) groups is 2. The predicted octanol–water partition coefficient (Wildman–Crippen LogP) is 5.50. The van der Waals surface area contributed by atoms with Crippen LogP contribution in [0, 0.1) is 17.8 Å². The smallest absolute Gasteiger partial charge is 0.330 e. The van der Waals surface area contributed by atoms with Gasteiger partial charge < -0.3 is 24.1 Å². The zero-order valence-electron chi connectivity index (χ0n) is 22.7. The first-order chi connectivity index (χ1) is 17.3. The van der Waals surface area contributed by atoms with Gasteiger partial charge in [-0.3, -0.25) is 4.79 Å². The van der Waals surface area contributed by atoms with Crippen LogP contribution < -0.4 is 0 Å². The molecule has 7 heteroatoms. The van der Waals surface area contributed by atoms with E-state index in [0.29, 0.717) is 18.9 Å². The number of rotatable bonds is 15. The van der Waals surface area contributed by atoms with Gasteiger partial charge in [0.05, 0.1) is 19.3 Å². The molecule has 206 valence electrons. The number of unbranched alkanes of at least 4 members (excludes halogenated alkanes) is 2. The van der Waals surface area contributed by atoms with Crippen LogP contribution in [0.2, 0.25) is 0 Å². The molecular weight excluding hydrogens is 460 g/mol. The van der Waals surface area contributed by atoms with E-state index in [4.69, 9.17) is 14.2 Å². The highest BCUT2D eigenvalue weighted by Crippen LogP contribution is 2.42. The summed E-state index contributed by atoms with van der Waals surface area (Å²) in [6.45, 7) is 6.51. The predicted molar refractivity (Wildman–Crippen MR) is 139 cm³/mol. The molecule has 0 aromatic rings. The summed E-state index contributed by atoms with van der Waals surface area (Å²) in [7, 11) is 1.37. The van der Waals surface area contributed by atoms with E-state index in [0.717, 1.165) is 64.2 Å². The molecule has 0 aromatic heterocycles. The van der Waals surface area contributed by atoms with Crippen LogP contribution >= 0.6 is 0 Å². The third-order valence-electron chi connectivity index (χ3n) is 7.24. The zero-order valence-corrected chi connectivity index (χ0v) is 22.7. The molecule has 1 heterocycles. The molecule has 36 heavy (non-hydrogen) atoms. The monoisotopic (exact) mass is 508 g/mol. The van der Waals surface area contributed by atoms with E-state index in [2.05, 4.69) is 24.7 Å². The van der Waals surface area contributed by atoms with Crippen LogP contribution in [-0.4, -0.2) is 55.4 Å². The average molecular weight is 509 g/mol. The zero-order chi connectivity index (χ0) is 26.3. The summed E-state index contributed by atoms with van der Waals surface area (Å²) in [5.74, 6) is -0.0341. The molecule has 2 aliphatic rings. The van der Waals surface area contributed by atoms with E-state index in [1.165, 1.54) is 20.1 Å². The molecule has 7 nitrogen and oxygen atoms in total. The molecule has 0 bridgehead atoms. The Hall–Kier alpha value is -1.70. The maximum atomic E-state index is 11.9. The maximum Gasteiger partial charge on any atom is 0.330 e. The first-order valence-corrected chi connectivity index (χ1v) is 13.9. The minimum atomic E-state index is -0.505. The quantitative estimate of drug-likeness (QED) is 0.135. The summed E-state index contributed by atoms with van der Waals surface area (Å²) in [5, 5.41) is 10.7.